The van der Waals surface area contributed by atoms with Crippen LogP contribution < -0.4 is 5.73 Å². The van der Waals surface area contributed by atoms with Crippen LogP contribution in [-0.2, 0) is 4.74 Å². The summed E-state index contributed by atoms with van der Waals surface area (Å²) >= 11 is 0. The molecule has 0 amide bonds. The van der Waals surface area contributed by atoms with E-state index in [4.69, 9.17) is 15.0 Å². The lowest BCUT2D eigenvalue weighted by atomic mass is 9.89. The fourth-order valence-electron chi connectivity index (χ4n) is 3.56. The Bertz CT molecular complexity index is 695. The highest BCUT2D eigenvalue weighted by molar-refractivity contribution is 5.74. The van der Waals surface area contributed by atoms with Crippen LogP contribution in [0.5, 0.6) is 0 Å². The van der Waals surface area contributed by atoms with Crippen molar-refractivity contribution in [2.75, 3.05) is 5.73 Å². The van der Waals surface area contributed by atoms with Gasteiger partial charge in [-0.05, 0) is 50.3 Å². The third-order valence-electron chi connectivity index (χ3n) is 4.64. The summed E-state index contributed by atoms with van der Waals surface area (Å²) < 4.78 is 11.3. The molecule has 0 radical (unpaired) electrons. The first-order valence-corrected chi connectivity index (χ1v) is 7.48. The normalized spacial score (nSPS) is 27.4. The molecule has 2 aliphatic rings. The number of nitrogen functional groups attached to an aromatic ring is 1. The fraction of sp³-hybridized carbons (Fsp3) is 0.500. The largest absolute Gasteiger partial charge is 0.398 e. The zero-order chi connectivity index (χ0) is 14.6. The Morgan fingerprint density at radius 1 is 1.24 bits per heavy atom. The summed E-state index contributed by atoms with van der Waals surface area (Å²) in [6.45, 7) is 4.03. The molecule has 0 saturated carbocycles. The van der Waals surface area contributed by atoms with Gasteiger partial charge in [0.1, 0.15) is 0 Å². The summed E-state index contributed by atoms with van der Waals surface area (Å²) in [4.78, 5) is 4.59. The number of hydrogen-bond acceptors (Lipinski definition) is 5. The van der Waals surface area contributed by atoms with Gasteiger partial charge >= 0.3 is 0 Å². The van der Waals surface area contributed by atoms with Crippen LogP contribution in [0.15, 0.2) is 16.7 Å². The summed E-state index contributed by atoms with van der Waals surface area (Å²) in [7, 11) is 0. The topological polar surface area (TPSA) is 74.2 Å². The van der Waals surface area contributed by atoms with Crippen LogP contribution >= 0.6 is 0 Å². The lowest BCUT2D eigenvalue weighted by Crippen LogP contribution is -2.15. The van der Waals surface area contributed by atoms with Crippen molar-refractivity contribution in [1.82, 2.24) is 10.1 Å². The predicted molar refractivity (Wildman–Crippen MR) is 78.9 cm³/mol. The molecule has 110 valence electrons. The van der Waals surface area contributed by atoms with Crippen molar-refractivity contribution >= 4 is 5.69 Å². The van der Waals surface area contributed by atoms with Gasteiger partial charge in [-0.25, -0.2) is 0 Å². The zero-order valence-corrected chi connectivity index (χ0v) is 12.3. The number of benzene rings is 1. The minimum absolute atomic E-state index is 0.261. The van der Waals surface area contributed by atoms with E-state index in [-0.39, 0.29) is 12.0 Å². The number of aromatic nitrogens is 2. The average molecular weight is 285 g/mol. The molecule has 5 heteroatoms. The molecular weight excluding hydrogens is 266 g/mol. The van der Waals surface area contributed by atoms with Crippen LogP contribution in [0, 0.1) is 13.8 Å². The highest BCUT2D eigenvalue weighted by atomic mass is 16.5. The number of nitrogens with two attached hydrogens (primary N) is 1. The Morgan fingerprint density at radius 3 is 2.81 bits per heavy atom. The standard InChI is InChI=1S/C16H19N3O2/c1-8-5-9(2)14(17)12(6-8)16-18-15(19-21-16)11-7-10-3-4-13(11)20-10/h5-6,10-11,13H,3-4,7,17H2,1-2H3. The van der Waals surface area contributed by atoms with Gasteiger partial charge in [-0.15, -0.1) is 0 Å². The predicted octanol–water partition coefficient (Wildman–Crippen LogP) is 2.97. The third kappa shape index (κ3) is 2.03. The minimum Gasteiger partial charge on any atom is -0.398 e. The van der Waals surface area contributed by atoms with Crippen LogP contribution in [0.1, 0.15) is 42.1 Å². The molecule has 2 N–H and O–H groups in total. The van der Waals surface area contributed by atoms with E-state index < -0.39 is 0 Å². The van der Waals surface area contributed by atoms with Gasteiger partial charge in [-0.1, -0.05) is 11.2 Å². The quantitative estimate of drug-likeness (QED) is 0.859. The molecule has 3 heterocycles. The first kappa shape index (κ1) is 12.8. The maximum absolute atomic E-state index is 6.15. The van der Waals surface area contributed by atoms with E-state index in [0.29, 0.717) is 17.7 Å². The molecule has 2 fully saturated rings. The monoisotopic (exact) mass is 285 g/mol. The maximum atomic E-state index is 6.15. The maximum Gasteiger partial charge on any atom is 0.260 e. The second kappa shape index (κ2) is 4.56. The van der Waals surface area contributed by atoms with Crippen molar-refractivity contribution in [2.24, 2.45) is 0 Å². The minimum atomic E-state index is 0.261. The SMILES string of the molecule is Cc1cc(C)c(N)c(-c2nc(C3CC4CCC3O4)no2)c1. The molecular formula is C16H19N3O2. The molecule has 21 heavy (non-hydrogen) atoms. The third-order valence-corrected chi connectivity index (χ3v) is 4.64. The molecule has 1 aromatic heterocycles. The summed E-state index contributed by atoms with van der Waals surface area (Å²) in [6.07, 6.45) is 3.91. The van der Waals surface area contributed by atoms with Crippen LogP contribution in [0.3, 0.4) is 0 Å². The second-order valence-corrected chi connectivity index (χ2v) is 6.22. The highest BCUT2D eigenvalue weighted by Gasteiger charge is 2.43. The van der Waals surface area contributed by atoms with E-state index in [1.807, 2.05) is 19.9 Å². The molecule has 4 rings (SSSR count). The molecule has 0 aliphatic carbocycles. The zero-order valence-electron chi connectivity index (χ0n) is 12.3. The molecule has 3 unspecified atom stereocenters. The first-order chi connectivity index (χ1) is 10.1. The number of nitrogens with zero attached hydrogens (tertiary/aromatic N) is 2. The van der Waals surface area contributed by atoms with Crippen molar-refractivity contribution in [2.45, 2.75) is 51.2 Å². The van der Waals surface area contributed by atoms with Crippen molar-refractivity contribution in [3.63, 3.8) is 0 Å². The van der Waals surface area contributed by atoms with Crippen LogP contribution in [0.2, 0.25) is 0 Å². The van der Waals surface area contributed by atoms with Crippen molar-refractivity contribution in [3.05, 3.63) is 29.1 Å². The highest BCUT2D eigenvalue weighted by Crippen LogP contribution is 2.44. The molecule has 2 aliphatic heterocycles. The molecule has 5 nitrogen and oxygen atoms in total. The molecule has 1 aromatic carbocycles. The van der Waals surface area contributed by atoms with Crippen LogP contribution in [-0.4, -0.2) is 22.3 Å². The number of fused-ring (bicyclic) bond motifs is 2. The van der Waals surface area contributed by atoms with Crippen molar-refractivity contribution in [3.8, 4) is 11.5 Å². The Morgan fingerprint density at radius 2 is 2.10 bits per heavy atom. The average Bonchev–Trinajstić information content (AvgIpc) is 3.17. The number of hydrogen-bond donors (Lipinski definition) is 1. The summed E-state index contributed by atoms with van der Waals surface area (Å²) in [5.74, 6) is 1.54. The lowest BCUT2D eigenvalue weighted by molar-refractivity contribution is 0.0996. The Balaban J connectivity index is 1.69. The van der Waals surface area contributed by atoms with Crippen LogP contribution in [0.4, 0.5) is 5.69 Å². The van der Waals surface area contributed by atoms with Crippen molar-refractivity contribution < 1.29 is 9.26 Å². The molecule has 0 spiro atoms. The molecule has 2 aromatic rings. The summed E-state index contributed by atoms with van der Waals surface area (Å²) in [6, 6.07) is 4.05. The second-order valence-electron chi connectivity index (χ2n) is 6.22. The van der Waals surface area contributed by atoms with Crippen LogP contribution in [0.25, 0.3) is 11.5 Å². The molecule has 2 bridgehead atoms. The van der Waals surface area contributed by atoms with Gasteiger partial charge in [0.05, 0.1) is 23.7 Å². The number of aryl methyl sites for hydroxylation is 2. The van der Waals surface area contributed by atoms with E-state index in [0.717, 1.165) is 41.8 Å². The Kier molecular flexibility index (Phi) is 2.79. The number of anilines is 1. The fourth-order valence-corrected chi connectivity index (χ4v) is 3.56. The van der Waals surface area contributed by atoms with E-state index in [2.05, 4.69) is 16.2 Å². The van der Waals surface area contributed by atoms with Gasteiger partial charge in [0.2, 0.25) is 0 Å². The van der Waals surface area contributed by atoms with Gasteiger partial charge < -0.3 is 15.0 Å². The number of rotatable bonds is 2. The Hall–Kier alpha value is -1.88. The van der Waals surface area contributed by atoms with Gasteiger partial charge in [0.15, 0.2) is 5.82 Å². The summed E-state index contributed by atoms with van der Waals surface area (Å²) in [5.41, 5.74) is 9.87. The smallest absolute Gasteiger partial charge is 0.260 e. The lowest BCUT2D eigenvalue weighted by Gasteiger charge is -2.13. The Labute approximate surface area is 123 Å². The summed E-state index contributed by atoms with van der Waals surface area (Å²) in [5, 5.41) is 4.17. The van der Waals surface area contributed by atoms with E-state index in [9.17, 15) is 0 Å². The van der Waals surface area contributed by atoms with Gasteiger partial charge in [-0.3, -0.25) is 0 Å². The molecule has 2 saturated heterocycles. The van der Waals surface area contributed by atoms with E-state index >= 15 is 0 Å². The van der Waals surface area contributed by atoms with Gasteiger partial charge in [-0.2, -0.15) is 4.98 Å². The first-order valence-electron chi connectivity index (χ1n) is 7.48. The van der Waals surface area contributed by atoms with E-state index in [1.54, 1.807) is 0 Å². The van der Waals surface area contributed by atoms with Gasteiger partial charge in [0, 0.05) is 5.69 Å². The van der Waals surface area contributed by atoms with Gasteiger partial charge in [0.25, 0.3) is 5.89 Å². The molecule has 3 atom stereocenters. The van der Waals surface area contributed by atoms with E-state index in [1.165, 1.54) is 0 Å². The van der Waals surface area contributed by atoms with Crippen molar-refractivity contribution in [1.29, 1.82) is 0 Å². The number of ether oxygens (including phenoxy) is 1.